The van der Waals surface area contributed by atoms with Crippen molar-refractivity contribution in [1.29, 1.82) is 0 Å². The van der Waals surface area contributed by atoms with Gasteiger partial charge in [-0.2, -0.15) is 0 Å². The summed E-state index contributed by atoms with van der Waals surface area (Å²) >= 11 is 0. The van der Waals surface area contributed by atoms with Gasteiger partial charge in [0.25, 0.3) is 0 Å². The highest BCUT2D eigenvalue weighted by Crippen LogP contribution is 2.22. The van der Waals surface area contributed by atoms with Crippen LogP contribution >= 0.6 is 0 Å². The van der Waals surface area contributed by atoms with Gasteiger partial charge in [-0.3, -0.25) is 4.90 Å². The molecule has 0 amide bonds. The van der Waals surface area contributed by atoms with Gasteiger partial charge in [0.15, 0.2) is 0 Å². The molecule has 0 saturated carbocycles. The van der Waals surface area contributed by atoms with Crippen molar-refractivity contribution in [3.05, 3.63) is 0 Å². The van der Waals surface area contributed by atoms with Crippen molar-refractivity contribution in [2.24, 2.45) is 17.6 Å². The maximum Gasteiger partial charge on any atom is 0.0243 e. The van der Waals surface area contributed by atoms with Crippen LogP contribution in [0.1, 0.15) is 46.5 Å². The minimum atomic E-state index is 0.623. The fraction of sp³-hybridized carbons (Fsp3) is 1.00. The van der Waals surface area contributed by atoms with Crippen LogP contribution in [-0.2, 0) is 0 Å². The maximum absolute atomic E-state index is 5.93. The average molecular weight is 212 g/mol. The van der Waals surface area contributed by atoms with Gasteiger partial charge in [-0.25, -0.2) is 0 Å². The van der Waals surface area contributed by atoms with E-state index in [0.29, 0.717) is 6.04 Å². The lowest BCUT2D eigenvalue weighted by atomic mass is 9.91. The van der Waals surface area contributed by atoms with Gasteiger partial charge in [0.2, 0.25) is 0 Å². The summed E-state index contributed by atoms with van der Waals surface area (Å²) in [6, 6.07) is 0.623. The summed E-state index contributed by atoms with van der Waals surface area (Å²) in [5, 5.41) is 0. The first-order valence-corrected chi connectivity index (χ1v) is 6.63. The zero-order valence-corrected chi connectivity index (χ0v) is 10.7. The van der Waals surface area contributed by atoms with E-state index in [2.05, 4.69) is 25.7 Å². The fourth-order valence-electron chi connectivity index (χ4n) is 2.75. The van der Waals surface area contributed by atoms with E-state index in [1.807, 2.05) is 0 Å². The quantitative estimate of drug-likeness (QED) is 0.758. The number of nitrogens with zero attached hydrogens (tertiary/aromatic N) is 1. The molecule has 0 aromatic rings. The highest BCUT2D eigenvalue weighted by atomic mass is 15.2. The second-order valence-electron chi connectivity index (χ2n) is 5.29. The summed E-state index contributed by atoms with van der Waals surface area (Å²) in [6.45, 7) is 10.3. The molecule has 0 aromatic carbocycles. The van der Waals surface area contributed by atoms with Crippen LogP contribution < -0.4 is 5.73 Å². The van der Waals surface area contributed by atoms with Gasteiger partial charge in [-0.15, -0.1) is 0 Å². The van der Waals surface area contributed by atoms with Crippen LogP contribution in [0.3, 0.4) is 0 Å². The van der Waals surface area contributed by atoms with E-state index in [0.717, 1.165) is 18.4 Å². The van der Waals surface area contributed by atoms with Crippen LogP contribution in [0.5, 0.6) is 0 Å². The molecule has 2 nitrogen and oxygen atoms in total. The van der Waals surface area contributed by atoms with Gasteiger partial charge >= 0.3 is 0 Å². The lowest BCUT2D eigenvalue weighted by molar-refractivity contribution is 0.104. The predicted molar refractivity (Wildman–Crippen MR) is 66.9 cm³/mol. The van der Waals surface area contributed by atoms with Crippen molar-refractivity contribution in [2.75, 3.05) is 19.6 Å². The first-order valence-electron chi connectivity index (χ1n) is 6.63. The number of hydrogen-bond donors (Lipinski definition) is 1. The molecule has 1 saturated heterocycles. The van der Waals surface area contributed by atoms with Crippen molar-refractivity contribution in [3.8, 4) is 0 Å². The Morgan fingerprint density at radius 2 is 1.93 bits per heavy atom. The molecule has 15 heavy (non-hydrogen) atoms. The van der Waals surface area contributed by atoms with Crippen molar-refractivity contribution in [3.63, 3.8) is 0 Å². The van der Waals surface area contributed by atoms with Crippen LogP contribution in [0.25, 0.3) is 0 Å². The Morgan fingerprint density at radius 3 is 2.40 bits per heavy atom. The lowest BCUT2D eigenvalue weighted by Gasteiger charge is -2.39. The molecule has 0 aromatic heterocycles. The van der Waals surface area contributed by atoms with E-state index in [9.17, 15) is 0 Å². The molecule has 2 heteroatoms. The summed E-state index contributed by atoms with van der Waals surface area (Å²) in [5.74, 6) is 1.68. The highest BCUT2D eigenvalue weighted by molar-refractivity contribution is 4.81. The normalized spacial score (nSPS) is 24.0. The van der Waals surface area contributed by atoms with E-state index >= 15 is 0 Å². The van der Waals surface area contributed by atoms with E-state index in [1.54, 1.807) is 0 Å². The molecular formula is C13H28N2. The Kier molecular flexibility index (Phi) is 5.62. The Balaban J connectivity index is 2.43. The third-order valence-electron chi connectivity index (χ3n) is 3.93. The molecule has 1 rings (SSSR count). The Bertz CT molecular complexity index is 162. The number of nitrogens with two attached hydrogens (primary N) is 1. The second-order valence-corrected chi connectivity index (χ2v) is 5.29. The zero-order chi connectivity index (χ0) is 11.3. The van der Waals surface area contributed by atoms with Crippen molar-refractivity contribution >= 4 is 0 Å². The van der Waals surface area contributed by atoms with Crippen LogP contribution in [0.2, 0.25) is 0 Å². The Labute approximate surface area is 95.2 Å². The van der Waals surface area contributed by atoms with Crippen LogP contribution in [0.4, 0.5) is 0 Å². The van der Waals surface area contributed by atoms with Crippen molar-refractivity contribution < 1.29 is 0 Å². The first-order chi connectivity index (χ1) is 7.19. The van der Waals surface area contributed by atoms with Gasteiger partial charge in [-0.1, -0.05) is 27.2 Å². The fourth-order valence-corrected chi connectivity index (χ4v) is 2.75. The van der Waals surface area contributed by atoms with E-state index < -0.39 is 0 Å². The number of piperidine rings is 1. The molecular weight excluding hydrogens is 184 g/mol. The van der Waals surface area contributed by atoms with Gasteiger partial charge in [0, 0.05) is 12.6 Å². The molecule has 1 aliphatic rings. The highest BCUT2D eigenvalue weighted by Gasteiger charge is 2.25. The molecule has 90 valence electrons. The summed E-state index contributed by atoms with van der Waals surface area (Å²) in [4.78, 5) is 2.63. The Morgan fingerprint density at radius 1 is 1.33 bits per heavy atom. The van der Waals surface area contributed by atoms with E-state index in [-0.39, 0.29) is 0 Å². The molecule has 0 bridgehead atoms. The van der Waals surface area contributed by atoms with E-state index in [1.165, 1.54) is 38.8 Å². The average Bonchev–Trinajstić information content (AvgIpc) is 2.22. The standard InChI is InChI=1S/C13H28N2/c1-4-5-12(3)13(10-14)15-8-6-11(2)7-9-15/h11-13H,4-10,14H2,1-3H3. The number of rotatable bonds is 5. The summed E-state index contributed by atoms with van der Waals surface area (Å²) < 4.78 is 0. The summed E-state index contributed by atoms with van der Waals surface area (Å²) in [7, 11) is 0. The largest absolute Gasteiger partial charge is 0.329 e. The monoisotopic (exact) mass is 212 g/mol. The third kappa shape index (κ3) is 3.76. The Hall–Kier alpha value is -0.0800. The van der Waals surface area contributed by atoms with Crippen LogP contribution in [0, 0.1) is 11.8 Å². The topological polar surface area (TPSA) is 29.3 Å². The van der Waals surface area contributed by atoms with Crippen LogP contribution in [0.15, 0.2) is 0 Å². The summed E-state index contributed by atoms with van der Waals surface area (Å²) in [6.07, 6.45) is 5.31. The molecule has 0 spiro atoms. The first kappa shape index (κ1) is 13.0. The van der Waals surface area contributed by atoms with Crippen molar-refractivity contribution in [2.45, 2.75) is 52.5 Å². The number of likely N-dealkylation sites (tertiary alicyclic amines) is 1. The molecule has 0 aliphatic carbocycles. The second kappa shape index (κ2) is 6.49. The summed E-state index contributed by atoms with van der Waals surface area (Å²) in [5.41, 5.74) is 5.93. The third-order valence-corrected chi connectivity index (χ3v) is 3.93. The number of hydrogen-bond acceptors (Lipinski definition) is 2. The zero-order valence-electron chi connectivity index (χ0n) is 10.7. The van der Waals surface area contributed by atoms with E-state index in [4.69, 9.17) is 5.73 Å². The predicted octanol–water partition coefficient (Wildman–Crippen LogP) is 2.48. The molecule has 1 heterocycles. The minimum Gasteiger partial charge on any atom is -0.329 e. The molecule has 2 atom stereocenters. The van der Waals surface area contributed by atoms with Gasteiger partial charge in [0.05, 0.1) is 0 Å². The molecule has 1 fully saturated rings. The smallest absolute Gasteiger partial charge is 0.0243 e. The molecule has 0 radical (unpaired) electrons. The van der Waals surface area contributed by atoms with Gasteiger partial charge in [-0.05, 0) is 44.2 Å². The van der Waals surface area contributed by atoms with Crippen molar-refractivity contribution in [1.82, 2.24) is 4.90 Å². The molecule has 1 aliphatic heterocycles. The van der Waals surface area contributed by atoms with Gasteiger partial charge in [0.1, 0.15) is 0 Å². The maximum atomic E-state index is 5.93. The van der Waals surface area contributed by atoms with Gasteiger partial charge < -0.3 is 5.73 Å². The molecule has 2 N–H and O–H groups in total. The minimum absolute atomic E-state index is 0.623. The SMILES string of the molecule is CCCC(C)C(CN)N1CCC(C)CC1. The lowest BCUT2D eigenvalue weighted by Crippen LogP contribution is -2.48. The van der Waals surface area contributed by atoms with Crippen LogP contribution in [-0.4, -0.2) is 30.6 Å². The molecule has 2 unspecified atom stereocenters.